The number of para-hydroxylation sites is 2. The summed E-state index contributed by atoms with van der Waals surface area (Å²) in [5.41, 5.74) is 1.52. The highest BCUT2D eigenvalue weighted by Crippen LogP contribution is 2.32. The van der Waals surface area contributed by atoms with Crippen molar-refractivity contribution in [1.29, 1.82) is 0 Å². The van der Waals surface area contributed by atoms with Crippen molar-refractivity contribution >= 4 is 17.5 Å². The van der Waals surface area contributed by atoms with Gasteiger partial charge in [-0.05, 0) is 29.8 Å². The summed E-state index contributed by atoms with van der Waals surface area (Å²) in [6, 6.07) is 12.8. The van der Waals surface area contributed by atoms with E-state index in [0.29, 0.717) is 36.1 Å². The number of nitrogens with zero attached hydrogens (tertiary/aromatic N) is 1. The number of amides is 2. The molecule has 0 saturated heterocycles. The molecule has 2 heterocycles. The molecular weight excluding hydrogens is 336 g/mol. The van der Waals surface area contributed by atoms with Crippen LogP contribution in [-0.2, 0) is 16.1 Å². The molecule has 0 aliphatic carbocycles. The molecule has 0 saturated carbocycles. The largest absolute Gasteiger partial charge is 0.491 e. The minimum atomic E-state index is -0.243. The van der Waals surface area contributed by atoms with E-state index in [-0.39, 0.29) is 31.6 Å². The first-order valence-electron chi connectivity index (χ1n) is 8.38. The van der Waals surface area contributed by atoms with Gasteiger partial charge in [-0.15, -0.1) is 0 Å². The average molecular weight is 354 g/mol. The molecule has 0 spiro atoms. The van der Waals surface area contributed by atoms with Crippen molar-refractivity contribution in [3.05, 3.63) is 48.0 Å². The zero-order valence-corrected chi connectivity index (χ0v) is 14.1. The lowest BCUT2D eigenvalue weighted by Gasteiger charge is -2.21. The Hall–Kier alpha value is -3.22. The Morgan fingerprint density at radius 1 is 1.04 bits per heavy atom. The van der Waals surface area contributed by atoms with Gasteiger partial charge in [-0.1, -0.05) is 18.2 Å². The van der Waals surface area contributed by atoms with E-state index in [1.807, 2.05) is 30.3 Å². The van der Waals surface area contributed by atoms with Crippen LogP contribution in [0.3, 0.4) is 0 Å². The summed E-state index contributed by atoms with van der Waals surface area (Å²) in [6.45, 7) is 0.814. The normalized spacial score (nSPS) is 15.1. The second-order valence-electron chi connectivity index (χ2n) is 6.01. The maximum Gasteiger partial charge on any atom is 0.240 e. The highest BCUT2D eigenvalue weighted by atomic mass is 16.7. The quantitative estimate of drug-likeness (QED) is 0.907. The third-order valence-corrected chi connectivity index (χ3v) is 4.26. The molecule has 26 heavy (non-hydrogen) atoms. The Kier molecular flexibility index (Phi) is 4.35. The molecule has 0 radical (unpaired) electrons. The molecule has 0 aromatic heterocycles. The fourth-order valence-corrected chi connectivity index (χ4v) is 2.94. The summed E-state index contributed by atoms with van der Waals surface area (Å²) >= 11 is 0. The van der Waals surface area contributed by atoms with Gasteiger partial charge in [0.15, 0.2) is 11.5 Å². The van der Waals surface area contributed by atoms with E-state index < -0.39 is 0 Å². The zero-order chi connectivity index (χ0) is 17.9. The number of ether oxygens (including phenoxy) is 3. The smallest absolute Gasteiger partial charge is 0.240 e. The van der Waals surface area contributed by atoms with Crippen LogP contribution in [0, 0.1) is 0 Å². The fraction of sp³-hybridized carbons (Fsp3) is 0.263. The second kappa shape index (κ2) is 6.95. The predicted octanol–water partition coefficient (Wildman–Crippen LogP) is 1.85. The third kappa shape index (κ3) is 3.28. The van der Waals surface area contributed by atoms with Crippen LogP contribution in [0.15, 0.2) is 42.5 Å². The van der Waals surface area contributed by atoms with Crippen LogP contribution in [0.2, 0.25) is 0 Å². The van der Waals surface area contributed by atoms with Gasteiger partial charge in [0.1, 0.15) is 12.3 Å². The van der Waals surface area contributed by atoms with Gasteiger partial charge >= 0.3 is 0 Å². The van der Waals surface area contributed by atoms with Crippen LogP contribution in [0.5, 0.6) is 17.2 Å². The van der Waals surface area contributed by atoms with Crippen LogP contribution in [0.4, 0.5) is 5.69 Å². The van der Waals surface area contributed by atoms with Crippen LogP contribution < -0.4 is 24.4 Å². The molecule has 7 heteroatoms. The number of hydrogen-bond acceptors (Lipinski definition) is 5. The van der Waals surface area contributed by atoms with Gasteiger partial charge in [-0.2, -0.15) is 0 Å². The Labute approximate surface area is 150 Å². The number of benzene rings is 2. The van der Waals surface area contributed by atoms with Gasteiger partial charge in [-0.3, -0.25) is 14.5 Å². The van der Waals surface area contributed by atoms with Gasteiger partial charge in [0, 0.05) is 6.54 Å². The van der Waals surface area contributed by atoms with Crippen molar-refractivity contribution in [1.82, 2.24) is 5.32 Å². The maximum absolute atomic E-state index is 12.4. The predicted molar refractivity (Wildman–Crippen MR) is 93.3 cm³/mol. The van der Waals surface area contributed by atoms with E-state index in [9.17, 15) is 9.59 Å². The standard InChI is InChI=1S/C19H18N2O5/c22-18(20-10-13-5-6-16-17(9-13)26-12-25-16)11-21-14-3-1-2-4-15(14)24-8-7-19(21)23/h1-6,9H,7-8,10-12H2,(H,20,22). The van der Waals surface area contributed by atoms with E-state index in [1.165, 1.54) is 4.90 Å². The summed E-state index contributed by atoms with van der Waals surface area (Å²) < 4.78 is 16.2. The summed E-state index contributed by atoms with van der Waals surface area (Å²) in [6.07, 6.45) is 0.240. The summed E-state index contributed by atoms with van der Waals surface area (Å²) in [7, 11) is 0. The molecule has 0 bridgehead atoms. The molecule has 2 aliphatic rings. The summed E-state index contributed by atoms with van der Waals surface area (Å²) in [5.74, 6) is 1.61. The Balaban J connectivity index is 1.42. The van der Waals surface area contributed by atoms with Crippen molar-refractivity contribution in [2.24, 2.45) is 0 Å². The minimum absolute atomic E-state index is 0.0518. The molecule has 4 rings (SSSR count). The Morgan fingerprint density at radius 3 is 2.81 bits per heavy atom. The molecule has 1 N–H and O–H groups in total. The van der Waals surface area contributed by atoms with E-state index in [4.69, 9.17) is 14.2 Å². The molecule has 7 nitrogen and oxygen atoms in total. The number of fused-ring (bicyclic) bond motifs is 2. The number of nitrogens with one attached hydrogen (secondary N) is 1. The molecule has 134 valence electrons. The third-order valence-electron chi connectivity index (χ3n) is 4.26. The monoisotopic (exact) mass is 354 g/mol. The van der Waals surface area contributed by atoms with Gasteiger partial charge in [-0.25, -0.2) is 0 Å². The van der Waals surface area contributed by atoms with Crippen LogP contribution >= 0.6 is 0 Å². The van der Waals surface area contributed by atoms with E-state index in [1.54, 1.807) is 12.1 Å². The zero-order valence-electron chi connectivity index (χ0n) is 14.1. The number of carbonyl (C=O) groups excluding carboxylic acids is 2. The molecule has 2 aliphatic heterocycles. The SMILES string of the molecule is O=C(CN1C(=O)CCOc2ccccc21)NCc1ccc2c(c1)OCO2. The van der Waals surface area contributed by atoms with Gasteiger partial charge in [0.2, 0.25) is 18.6 Å². The van der Waals surface area contributed by atoms with Crippen molar-refractivity contribution in [3.63, 3.8) is 0 Å². The number of anilines is 1. The highest BCUT2D eigenvalue weighted by Gasteiger charge is 2.25. The van der Waals surface area contributed by atoms with Gasteiger partial charge in [0.25, 0.3) is 0 Å². The van der Waals surface area contributed by atoms with Crippen molar-refractivity contribution in [3.8, 4) is 17.2 Å². The second-order valence-corrected chi connectivity index (χ2v) is 6.01. The highest BCUT2D eigenvalue weighted by molar-refractivity contribution is 6.00. The first-order chi connectivity index (χ1) is 12.7. The number of hydrogen-bond donors (Lipinski definition) is 1. The molecule has 0 unspecified atom stereocenters. The average Bonchev–Trinajstić information content (AvgIpc) is 3.06. The Bertz CT molecular complexity index is 852. The summed E-state index contributed by atoms with van der Waals surface area (Å²) in [5, 5.41) is 2.84. The van der Waals surface area contributed by atoms with Gasteiger partial charge in [0.05, 0.1) is 18.7 Å². The number of carbonyl (C=O) groups is 2. The molecule has 0 atom stereocenters. The Morgan fingerprint density at radius 2 is 1.88 bits per heavy atom. The first-order valence-corrected chi connectivity index (χ1v) is 8.38. The van der Waals surface area contributed by atoms with E-state index in [0.717, 1.165) is 5.56 Å². The fourth-order valence-electron chi connectivity index (χ4n) is 2.94. The van der Waals surface area contributed by atoms with E-state index in [2.05, 4.69) is 5.32 Å². The molecule has 0 fully saturated rings. The molecule has 2 amide bonds. The van der Waals surface area contributed by atoms with Crippen molar-refractivity contribution < 1.29 is 23.8 Å². The lowest BCUT2D eigenvalue weighted by atomic mass is 10.2. The summed E-state index contributed by atoms with van der Waals surface area (Å²) in [4.78, 5) is 26.2. The van der Waals surface area contributed by atoms with Crippen LogP contribution in [0.25, 0.3) is 0 Å². The maximum atomic E-state index is 12.4. The number of rotatable bonds is 4. The molecular formula is C19H18N2O5. The topological polar surface area (TPSA) is 77.1 Å². The van der Waals surface area contributed by atoms with Gasteiger partial charge < -0.3 is 19.5 Å². The van der Waals surface area contributed by atoms with Crippen LogP contribution in [-0.4, -0.2) is 31.8 Å². The van der Waals surface area contributed by atoms with Crippen molar-refractivity contribution in [2.45, 2.75) is 13.0 Å². The molecule has 2 aromatic rings. The molecule has 2 aromatic carbocycles. The van der Waals surface area contributed by atoms with Crippen molar-refractivity contribution in [2.75, 3.05) is 24.8 Å². The minimum Gasteiger partial charge on any atom is -0.491 e. The van der Waals surface area contributed by atoms with Crippen LogP contribution in [0.1, 0.15) is 12.0 Å². The van der Waals surface area contributed by atoms with E-state index >= 15 is 0 Å². The lowest BCUT2D eigenvalue weighted by molar-refractivity contribution is -0.124. The first kappa shape index (κ1) is 16.3. The lowest BCUT2D eigenvalue weighted by Crippen LogP contribution is -2.40.